The molecule has 2 heterocycles. The van der Waals surface area contributed by atoms with E-state index in [0.29, 0.717) is 4.96 Å². The Morgan fingerprint density at radius 3 is 2.79 bits per heavy atom. The van der Waals surface area contributed by atoms with Crippen molar-refractivity contribution in [3.8, 4) is 11.3 Å². The number of hydrogen-bond acceptors (Lipinski definition) is 3. The van der Waals surface area contributed by atoms with Gasteiger partial charge in [0.2, 0.25) is 0 Å². The number of hydrogen-bond donors (Lipinski definition) is 1. The summed E-state index contributed by atoms with van der Waals surface area (Å²) in [7, 11) is 0. The minimum Gasteiger partial charge on any atom is -0.477 e. The van der Waals surface area contributed by atoms with Gasteiger partial charge in [-0.3, -0.25) is 4.40 Å². The maximum Gasteiger partial charge on any atom is 0.354 e. The summed E-state index contributed by atoms with van der Waals surface area (Å²) in [5.74, 6) is -0.962. The molecule has 0 radical (unpaired) electrons. The summed E-state index contributed by atoms with van der Waals surface area (Å²) in [6.45, 7) is 4.11. The van der Waals surface area contributed by atoms with Gasteiger partial charge in [0.15, 0.2) is 10.7 Å². The normalized spacial score (nSPS) is 11.1. The summed E-state index contributed by atoms with van der Waals surface area (Å²) < 4.78 is 1.69. The molecule has 1 N–H and O–H groups in total. The maximum atomic E-state index is 11.2. The summed E-state index contributed by atoms with van der Waals surface area (Å²) in [5.41, 5.74) is 4.49. The zero-order chi connectivity index (χ0) is 13.6. The molecule has 3 rings (SSSR count). The number of thiazole rings is 1. The fourth-order valence-corrected chi connectivity index (χ4v) is 2.93. The van der Waals surface area contributed by atoms with Crippen molar-refractivity contribution in [2.75, 3.05) is 0 Å². The monoisotopic (exact) mass is 272 g/mol. The molecule has 1 aromatic carbocycles. The second-order valence-corrected chi connectivity index (χ2v) is 5.32. The number of nitrogens with zero attached hydrogens (tertiary/aromatic N) is 2. The van der Waals surface area contributed by atoms with Gasteiger partial charge < -0.3 is 5.11 Å². The molecular weight excluding hydrogens is 260 g/mol. The van der Waals surface area contributed by atoms with E-state index in [2.05, 4.69) is 24.9 Å². The van der Waals surface area contributed by atoms with Crippen molar-refractivity contribution in [2.45, 2.75) is 13.8 Å². The van der Waals surface area contributed by atoms with E-state index in [9.17, 15) is 9.90 Å². The third-order valence-electron chi connectivity index (χ3n) is 3.27. The molecule has 0 fully saturated rings. The van der Waals surface area contributed by atoms with Crippen LogP contribution >= 0.6 is 11.3 Å². The van der Waals surface area contributed by atoms with E-state index in [1.54, 1.807) is 4.40 Å². The molecule has 0 unspecified atom stereocenters. The second kappa shape index (κ2) is 4.20. The highest BCUT2D eigenvalue weighted by Gasteiger charge is 2.16. The van der Waals surface area contributed by atoms with Crippen molar-refractivity contribution in [3.63, 3.8) is 0 Å². The molecule has 0 saturated carbocycles. The van der Waals surface area contributed by atoms with Crippen LogP contribution in [0.2, 0.25) is 0 Å². The quantitative estimate of drug-likeness (QED) is 0.778. The van der Waals surface area contributed by atoms with E-state index in [-0.39, 0.29) is 5.69 Å². The smallest absolute Gasteiger partial charge is 0.354 e. The lowest BCUT2D eigenvalue weighted by atomic mass is 10.0. The van der Waals surface area contributed by atoms with Crippen LogP contribution in [0.1, 0.15) is 21.6 Å². The van der Waals surface area contributed by atoms with Gasteiger partial charge in [0.25, 0.3) is 0 Å². The number of benzene rings is 1. The zero-order valence-corrected chi connectivity index (χ0v) is 11.4. The molecule has 19 heavy (non-hydrogen) atoms. The first-order valence-corrected chi connectivity index (χ1v) is 6.72. The Hall–Kier alpha value is -2.14. The number of imidazole rings is 1. The Labute approximate surface area is 114 Å². The zero-order valence-electron chi connectivity index (χ0n) is 10.5. The van der Waals surface area contributed by atoms with Gasteiger partial charge in [0.1, 0.15) is 0 Å². The molecule has 0 bridgehead atoms. The van der Waals surface area contributed by atoms with Crippen LogP contribution in [0.15, 0.2) is 29.8 Å². The van der Waals surface area contributed by atoms with Crippen LogP contribution in [-0.2, 0) is 0 Å². The van der Waals surface area contributed by atoms with Crippen molar-refractivity contribution in [2.24, 2.45) is 0 Å². The molecule has 0 aliphatic heterocycles. The van der Waals surface area contributed by atoms with Crippen molar-refractivity contribution in [1.82, 2.24) is 9.38 Å². The predicted molar refractivity (Wildman–Crippen MR) is 74.9 cm³/mol. The lowest BCUT2D eigenvalue weighted by Gasteiger charge is -2.05. The number of fused-ring (bicyclic) bond motifs is 1. The first-order chi connectivity index (χ1) is 9.08. The Balaban J connectivity index is 2.27. The fourth-order valence-electron chi connectivity index (χ4n) is 2.06. The molecule has 0 saturated heterocycles. The van der Waals surface area contributed by atoms with E-state index >= 15 is 0 Å². The standard InChI is InChI=1S/C14H12N2O2S/c1-8-3-4-10(5-9(8)2)12-7-19-14-15-6-11(13(17)18)16(12)14/h3-7H,1-2H3,(H,17,18). The van der Waals surface area contributed by atoms with E-state index in [1.165, 1.54) is 28.7 Å². The van der Waals surface area contributed by atoms with E-state index in [1.807, 2.05) is 17.5 Å². The van der Waals surface area contributed by atoms with Gasteiger partial charge in [-0.2, -0.15) is 0 Å². The molecule has 3 aromatic rings. The molecule has 0 atom stereocenters. The van der Waals surface area contributed by atoms with Gasteiger partial charge >= 0.3 is 5.97 Å². The lowest BCUT2D eigenvalue weighted by Crippen LogP contribution is -2.01. The highest BCUT2D eigenvalue weighted by atomic mass is 32.1. The largest absolute Gasteiger partial charge is 0.477 e. The minimum atomic E-state index is -0.962. The van der Waals surface area contributed by atoms with Gasteiger partial charge in [-0.1, -0.05) is 12.1 Å². The van der Waals surface area contributed by atoms with Crippen LogP contribution in [0.4, 0.5) is 0 Å². The first-order valence-electron chi connectivity index (χ1n) is 5.84. The van der Waals surface area contributed by atoms with Crippen molar-refractivity contribution >= 4 is 22.3 Å². The number of carboxylic acids is 1. The predicted octanol–water partition coefficient (Wildman–Crippen LogP) is 3.38. The summed E-state index contributed by atoms with van der Waals surface area (Å²) in [6, 6.07) is 6.13. The third-order valence-corrected chi connectivity index (χ3v) is 4.11. The Morgan fingerprint density at radius 2 is 2.11 bits per heavy atom. The van der Waals surface area contributed by atoms with E-state index < -0.39 is 5.97 Å². The summed E-state index contributed by atoms with van der Waals surface area (Å²) in [5, 5.41) is 11.1. The van der Waals surface area contributed by atoms with Gasteiger partial charge in [-0.05, 0) is 36.6 Å². The van der Waals surface area contributed by atoms with Gasteiger partial charge in [-0.15, -0.1) is 11.3 Å². The Kier molecular flexibility index (Phi) is 2.64. The average molecular weight is 272 g/mol. The molecule has 4 nitrogen and oxygen atoms in total. The minimum absolute atomic E-state index is 0.199. The molecule has 0 spiro atoms. The topological polar surface area (TPSA) is 54.6 Å². The fraction of sp³-hybridized carbons (Fsp3) is 0.143. The number of carbonyl (C=O) groups is 1. The molecular formula is C14H12N2O2S. The molecule has 5 heteroatoms. The van der Waals surface area contributed by atoms with E-state index in [4.69, 9.17) is 0 Å². The molecule has 2 aromatic heterocycles. The number of carboxylic acid groups (broad SMARTS) is 1. The van der Waals surface area contributed by atoms with Crippen LogP contribution in [-0.4, -0.2) is 20.5 Å². The maximum absolute atomic E-state index is 11.2. The highest BCUT2D eigenvalue weighted by molar-refractivity contribution is 7.15. The molecule has 0 aliphatic rings. The van der Waals surface area contributed by atoms with Gasteiger partial charge in [0.05, 0.1) is 11.9 Å². The Morgan fingerprint density at radius 1 is 1.32 bits per heavy atom. The summed E-state index contributed by atoms with van der Waals surface area (Å²) in [4.78, 5) is 16.0. The van der Waals surface area contributed by atoms with Crippen molar-refractivity contribution in [1.29, 1.82) is 0 Å². The SMILES string of the molecule is Cc1ccc(-c2csc3ncc(C(=O)O)n23)cc1C. The molecule has 0 amide bonds. The number of aromatic carboxylic acids is 1. The van der Waals surface area contributed by atoms with Crippen molar-refractivity contribution in [3.05, 3.63) is 46.6 Å². The van der Waals surface area contributed by atoms with Crippen LogP contribution < -0.4 is 0 Å². The van der Waals surface area contributed by atoms with Crippen LogP contribution in [0.3, 0.4) is 0 Å². The lowest BCUT2D eigenvalue weighted by molar-refractivity contribution is 0.0689. The summed E-state index contributed by atoms with van der Waals surface area (Å²) >= 11 is 1.45. The average Bonchev–Trinajstić information content (AvgIpc) is 2.93. The third kappa shape index (κ3) is 1.82. The summed E-state index contributed by atoms with van der Waals surface area (Å²) in [6.07, 6.45) is 1.40. The second-order valence-electron chi connectivity index (χ2n) is 4.49. The van der Waals surface area contributed by atoms with Gasteiger partial charge in [-0.25, -0.2) is 9.78 Å². The van der Waals surface area contributed by atoms with Crippen LogP contribution in [0.25, 0.3) is 16.2 Å². The number of rotatable bonds is 2. The highest BCUT2D eigenvalue weighted by Crippen LogP contribution is 2.28. The molecule has 0 aliphatic carbocycles. The van der Waals surface area contributed by atoms with E-state index in [0.717, 1.165) is 11.3 Å². The molecule has 96 valence electrons. The number of aromatic nitrogens is 2. The van der Waals surface area contributed by atoms with Crippen molar-refractivity contribution < 1.29 is 9.90 Å². The first kappa shape index (κ1) is 11.9. The van der Waals surface area contributed by atoms with Crippen LogP contribution in [0, 0.1) is 13.8 Å². The van der Waals surface area contributed by atoms with Gasteiger partial charge in [0, 0.05) is 5.38 Å². The Bertz CT molecular complexity index is 786. The van der Waals surface area contributed by atoms with Crippen LogP contribution in [0.5, 0.6) is 0 Å². The number of aryl methyl sites for hydroxylation is 2.